The molecule has 6 heteroatoms. The SMILES string of the molecule is CC(C)(C)NC(=O)C1c2cc(Cl)ccc2OCC(=O)N1Cc1ccccc1. The molecule has 0 bridgehead atoms. The molecule has 27 heavy (non-hydrogen) atoms. The number of halogens is 1. The van der Waals surface area contributed by atoms with Crippen LogP contribution in [0.1, 0.15) is 37.9 Å². The maximum atomic E-state index is 13.2. The standard InChI is InChI=1S/C21H23ClN2O3/c1-21(2,3)23-20(26)19-16-11-15(22)9-10-17(16)27-13-18(25)24(19)12-14-7-5-4-6-8-14/h4-11,19H,12-13H2,1-3H3,(H,23,26). The number of rotatable bonds is 3. The molecule has 1 unspecified atom stereocenters. The van der Waals surface area contributed by atoms with Crippen LogP contribution in [0.2, 0.25) is 5.02 Å². The van der Waals surface area contributed by atoms with Crippen LogP contribution in [0.3, 0.4) is 0 Å². The van der Waals surface area contributed by atoms with Gasteiger partial charge in [0.25, 0.3) is 5.91 Å². The summed E-state index contributed by atoms with van der Waals surface area (Å²) in [5, 5.41) is 3.47. The third-order valence-electron chi connectivity index (χ3n) is 4.19. The lowest BCUT2D eigenvalue weighted by atomic mass is 10.0. The fourth-order valence-corrected chi connectivity index (χ4v) is 3.26. The van der Waals surface area contributed by atoms with E-state index in [1.54, 1.807) is 23.1 Å². The van der Waals surface area contributed by atoms with Crippen molar-refractivity contribution in [3.63, 3.8) is 0 Å². The van der Waals surface area contributed by atoms with Gasteiger partial charge in [-0.15, -0.1) is 0 Å². The molecule has 0 radical (unpaired) electrons. The first-order chi connectivity index (χ1) is 12.7. The maximum Gasteiger partial charge on any atom is 0.261 e. The molecule has 2 aromatic rings. The molecule has 1 aliphatic rings. The lowest BCUT2D eigenvalue weighted by molar-refractivity contribution is -0.142. The van der Waals surface area contributed by atoms with Crippen LogP contribution >= 0.6 is 11.6 Å². The van der Waals surface area contributed by atoms with Crippen molar-refractivity contribution in [2.45, 2.75) is 38.9 Å². The Labute approximate surface area is 164 Å². The maximum absolute atomic E-state index is 13.2. The minimum Gasteiger partial charge on any atom is -0.483 e. The highest BCUT2D eigenvalue weighted by atomic mass is 35.5. The van der Waals surface area contributed by atoms with Gasteiger partial charge >= 0.3 is 0 Å². The molecule has 0 aliphatic carbocycles. The quantitative estimate of drug-likeness (QED) is 0.874. The van der Waals surface area contributed by atoms with Crippen LogP contribution in [-0.4, -0.2) is 28.9 Å². The van der Waals surface area contributed by atoms with Crippen molar-refractivity contribution in [2.24, 2.45) is 0 Å². The number of carbonyl (C=O) groups excluding carboxylic acids is 2. The number of hydrogen-bond acceptors (Lipinski definition) is 3. The average Bonchev–Trinajstić information content (AvgIpc) is 2.72. The molecular formula is C21H23ClN2O3. The summed E-state index contributed by atoms with van der Waals surface area (Å²) >= 11 is 6.19. The van der Waals surface area contributed by atoms with Gasteiger partial charge in [0.1, 0.15) is 11.8 Å². The van der Waals surface area contributed by atoms with Crippen molar-refractivity contribution < 1.29 is 14.3 Å². The van der Waals surface area contributed by atoms with Crippen LogP contribution in [0.4, 0.5) is 0 Å². The van der Waals surface area contributed by atoms with Crippen molar-refractivity contribution in [1.29, 1.82) is 0 Å². The molecule has 3 rings (SSSR count). The van der Waals surface area contributed by atoms with Crippen LogP contribution in [0.25, 0.3) is 0 Å². The summed E-state index contributed by atoms with van der Waals surface area (Å²) in [5.41, 5.74) is 1.08. The number of ether oxygens (including phenoxy) is 1. The second kappa shape index (κ2) is 7.61. The van der Waals surface area contributed by atoms with E-state index in [0.717, 1.165) is 5.56 Å². The van der Waals surface area contributed by atoms with Gasteiger partial charge in [0.05, 0.1) is 0 Å². The summed E-state index contributed by atoms with van der Waals surface area (Å²) in [5.74, 6) is -0.0154. The first-order valence-corrected chi connectivity index (χ1v) is 9.20. The second-order valence-electron chi connectivity index (χ2n) is 7.62. The Bertz CT molecular complexity index is 846. The summed E-state index contributed by atoms with van der Waals surface area (Å²) in [6, 6.07) is 13.8. The smallest absolute Gasteiger partial charge is 0.261 e. The molecule has 1 atom stereocenters. The zero-order valence-electron chi connectivity index (χ0n) is 15.7. The molecule has 0 aromatic heterocycles. The van der Waals surface area contributed by atoms with E-state index in [1.807, 2.05) is 51.1 Å². The molecule has 0 saturated heterocycles. The van der Waals surface area contributed by atoms with Crippen molar-refractivity contribution in [2.75, 3.05) is 6.61 Å². The number of amides is 2. The Hall–Kier alpha value is -2.53. The monoisotopic (exact) mass is 386 g/mol. The van der Waals surface area contributed by atoms with Crippen LogP contribution in [-0.2, 0) is 16.1 Å². The van der Waals surface area contributed by atoms with Gasteiger partial charge in [0.15, 0.2) is 6.61 Å². The van der Waals surface area contributed by atoms with Gasteiger partial charge in [-0.1, -0.05) is 41.9 Å². The Morgan fingerprint density at radius 1 is 1.22 bits per heavy atom. The van der Waals surface area contributed by atoms with Crippen molar-refractivity contribution in [1.82, 2.24) is 10.2 Å². The summed E-state index contributed by atoms with van der Waals surface area (Å²) in [6.45, 7) is 5.89. The number of hydrogen-bond donors (Lipinski definition) is 1. The second-order valence-corrected chi connectivity index (χ2v) is 8.06. The average molecular weight is 387 g/mol. The topological polar surface area (TPSA) is 58.6 Å². The lowest BCUT2D eigenvalue weighted by Crippen LogP contribution is -2.49. The minimum atomic E-state index is -0.826. The van der Waals surface area contributed by atoms with E-state index in [0.29, 0.717) is 22.9 Å². The van der Waals surface area contributed by atoms with Crippen molar-refractivity contribution in [3.8, 4) is 5.75 Å². The molecule has 1 N–H and O–H groups in total. The van der Waals surface area contributed by atoms with E-state index in [-0.39, 0.29) is 18.4 Å². The van der Waals surface area contributed by atoms with E-state index >= 15 is 0 Å². The van der Waals surface area contributed by atoms with E-state index in [2.05, 4.69) is 5.32 Å². The van der Waals surface area contributed by atoms with E-state index < -0.39 is 11.6 Å². The number of nitrogens with zero attached hydrogens (tertiary/aromatic N) is 1. The highest BCUT2D eigenvalue weighted by Crippen LogP contribution is 2.36. The number of benzene rings is 2. The molecule has 2 amide bonds. The van der Waals surface area contributed by atoms with E-state index in [1.165, 1.54) is 0 Å². The highest BCUT2D eigenvalue weighted by Gasteiger charge is 2.37. The van der Waals surface area contributed by atoms with Crippen LogP contribution in [0, 0.1) is 0 Å². The normalized spacial score (nSPS) is 17.0. The predicted molar refractivity (Wildman–Crippen MR) is 105 cm³/mol. The van der Waals surface area contributed by atoms with Crippen LogP contribution < -0.4 is 10.1 Å². The molecule has 1 heterocycles. The summed E-state index contributed by atoms with van der Waals surface area (Å²) in [6.07, 6.45) is 0. The molecular weight excluding hydrogens is 364 g/mol. The van der Waals surface area contributed by atoms with Gasteiger partial charge in [-0.3, -0.25) is 9.59 Å². The van der Waals surface area contributed by atoms with Gasteiger partial charge in [0.2, 0.25) is 5.91 Å². The van der Waals surface area contributed by atoms with Gasteiger partial charge in [-0.05, 0) is 44.5 Å². The number of fused-ring (bicyclic) bond motifs is 1. The fourth-order valence-electron chi connectivity index (χ4n) is 3.08. The van der Waals surface area contributed by atoms with Crippen LogP contribution in [0.5, 0.6) is 5.75 Å². The summed E-state index contributed by atoms with van der Waals surface area (Å²) in [7, 11) is 0. The first-order valence-electron chi connectivity index (χ1n) is 8.82. The first kappa shape index (κ1) is 19.2. The third-order valence-corrected chi connectivity index (χ3v) is 4.43. The van der Waals surface area contributed by atoms with Crippen molar-refractivity contribution in [3.05, 3.63) is 64.7 Å². The molecule has 2 aromatic carbocycles. The summed E-state index contributed by atoms with van der Waals surface area (Å²) < 4.78 is 5.66. The van der Waals surface area contributed by atoms with Gasteiger partial charge in [-0.25, -0.2) is 0 Å². The largest absolute Gasteiger partial charge is 0.483 e. The zero-order valence-corrected chi connectivity index (χ0v) is 16.4. The Kier molecular flexibility index (Phi) is 5.42. The molecule has 0 saturated carbocycles. The number of carbonyl (C=O) groups is 2. The van der Waals surface area contributed by atoms with Gasteiger partial charge < -0.3 is 15.0 Å². The zero-order chi connectivity index (χ0) is 19.6. The number of nitrogens with one attached hydrogen (secondary N) is 1. The van der Waals surface area contributed by atoms with E-state index in [9.17, 15) is 9.59 Å². The Morgan fingerprint density at radius 3 is 2.59 bits per heavy atom. The molecule has 0 fully saturated rings. The fraction of sp³-hybridized carbons (Fsp3) is 0.333. The lowest BCUT2D eigenvalue weighted by Gasteiger charge is -2.32. The third kappa shape index (κ3) is 4.61. The molecule has 142 valence electrons. The minimum absolute atomic E-state index is 0.124. The molecule has 0 spiro atoms. The molecule has 5 nitrogen and oxygen atoms in total. The van der Waals surface area contributed by atoms with Crippen molar-refractivity contribution >= 4 is 23.4 Å². The predicted octanol–water partition coefficient (Wildman–Crippen LogP) is 3.72. The Morgan fingerprint density at radius 2 is 1.93 bits per heavy atom. The summed E-state index contributed by atoms with van der Waals surface area (Å²) in [4.78, 5) is 27.6. The highest BCUT2D eigenvalue weighted by molar-refractivity contribution is 6.30. The van der Waals surface area contributed by atoms with Crippen LogP contribution in [0.15, 0.2) is 48.5 Å². The van der Waals surface area contributed by atoms with Gasteiger partial charge in [0, 0.05) is 22.7 Å². The molecule has 1 aliphatic heterocycles. The van der Waals surface area contributed by atoms with Gasteiger partial charge in [-0.2, -0.15) is 0 Å². The van der Waals surface area contributed by atoms with E-state index in [4.69, 9.17) is 16.3 Å². The Balaban J connectivity index is 2.06.